The Hall–Kier alpha value is -0.456. The van der Waals surface area contributed by atoms with Gasteiger partial charge in [0.25, 0.3) is 5.97 Å². The van der Waals surface area contributed by atoms with E-state index in [9.17, 15) is 10.2 Å². The number of rotatable bonds is 9. The second kappa shape index (κ2) is 17.6. The van der Waals surface area contributed by atoms with Gasteiger partial charge in [0, 0.05) is 34.1 Å². The molecule has 0 aromatic heterocycles. The van der Waals surface area contributed by atoms with Gasteiger partial charge in [-0.3, -0.25) is 4.79 Å². The minimum absolute atomic E-state index is 0. The Morgan fingerprint density at radius 2 is 1.90 bits per heavy atom. The van der Waals surface area contributed by atoms with Crippen LogP contribution in [-0.4, -0.2) is 47.2 Å². The predicted molar refractivity (Wildman–Crippen MR) is 81.7 cm³/mol. The van der Waals surface area contributed by atoms with Crippen molar-refractivity contribution in [3.63, 3.8) is 0 Å². The van der Waals surface area contributed by atoms with E-state index in [1.165, 1.54) is 6.08 Å². The molecule has 21 heavy (non-hydrogen) atoms. The van der Waals surface area contributed by atoms with E-state index >= 15 is 0 Å². The fraction of sp³-hybridized carbons (Fsp3) is 0.667. The molecule has 0 aromatic rings. The molecular formula is C15H30O5Ti. The van der Waals surface area contributed by atoms with Crippen LogP contribution in [-0.2, 0) is 31.2 Å². The van der Waals surface area contributed by atoms with E-state index in [0.29, 0.717) is 19.6 Å². The summed E-state index contributed by atoms with van der Waals surface area (Å²) in [5.41, 5.74) is -0.378. The van der Waals surface area contributed by atoms with Crippen molar-refractivity contribution in [2.45, 2.75) is 40.2 Å². The molecule has 2 atom stereocenters. The van der Waals surface area contributed by atoms with Gasteiger partial charge in [-0.2, -0.15) is 0 Å². The van der Waals surface area contributed by atoms with Crippen LogP contribution >= 0.6 is 0 Å². The second-order valence-electron chi connectivity index (χ2n) is 4.34. The van der Waals surface area contributed by atoms with Gasteiger partial charge in [0.2, 0.25) is 0 Å². The number of hydrogen-bond donors (Lipinski definition) is 3. The maximum absolute atomic E-state index is 9.51. The Kier molecular flexibility index (Phi) is 24.0. The van der Waals surface area contributed by atoms with Crippen LogP contribution in [0.4, 0.5) is 0 Å². The summed E-state index contributed by atoms with van der Waals surface area (Å²) < 4.78 is 5.35. The average Bonchev–Trinajstić information content (AvgIpc) is 2.37. The number of carboxylic acids is 1. The molecule has 0 rings (SSSR count). The third-order valence-electron chi connectivity index (χ3n) is 2.64. The zero-order valence-electron chi connectivity index (χ0n) is 12.3. The summed E-state index contributed by atoms with van der Waals surface area (Å²) >= 11 is 0. The molecule has 0 saturated carbocycles. The zero-order chi connectivity index (χ0) is 15.3. The van der Waals surface area contributed by atoms with Crippen LogP contribution in [0.3, 0.4) is 0 Å². The van der Waals surface area contributed by atoms with Gasteiger partial charge in [-0.25, -0.2) is 0 Å². The van der Waals surface area contributed by atoms with E-state index in [2.05, 4.69) is 13.2 Å². The number of ether oxygens (including phenoxy) is 1. The number of aliphatic carboxylic acids is 1. The molecule has 0 aliphatic rings. The van der Waals surface area contributed by atoms with Crippen molar-refractivity contribution in [3.8, 4) is 0 Å². The number of aliphatic hydroxyl groups is 2. The Balaban J connectivity index is -0.000000213. The van der Waals surface area contributed by atoms with Crippen molar-refractivity contribution < 1.29 is 46.6 Å². The fourth-order valence-corrected chi connectivity index (χ4v) is 1.41. The van der Waals surface area contributed by atoms with Crippen molar-refractivity contribution >= 4 is 5.97 Å². The SMILES string of the molecule is C.C=CCOCC(CC)(CO)CC(O)C=C.CC(=O)O.[Ti]. The molecule has 0 fully saturated rings. The van der Waals surface area contributed by atoms with Gasteiger partial charge < -0.3 is 20.1 Å². The van der Waals surface area contributed by atoms with Crippen LogP contribution in [0.1, 0.15) is 34.1 Å². The fourth-order valence-electron chi connectivity index (χ4n) is 1.41. The first-order chi connectivity index (χ1) is 8.87. The van der Waals surface area contributed by atoms with Crippen LogP contribution in [0, 0.1) is 5.41 Å². The van der Waals surface area contributed by atoms with Gasteiger partial charge in [-0.05, 0) is 12.8 Å². The Bertz CT molecular complexity index is 261. The van der Waals surface area contributed by atoms with Gasteiger partial charge in [0.15, 0.2) is 0 Å². The third kappa shape index (κ3) is 17.5. The summed E-state index contributed by atoms with van der Waals surface area (Å²) in [6, 6.07) is 0. The molecule has 0 spiro atoms. The van der Waals surface area contributed by atoms with E-state index in [4.69, 9.17) is 14.6 Å². The van der Waals surface area contributed by atoms with E-state index in [0.717, 1.165) is 13.3 Å². The number of aliphatic hydroxyl groups excluding tert-OH is 2. The van der Waals surface area contributed by atoms with Gasteiger partial charge in [-0.1, -0.05) is 26.5 Å². The molecule has 0 saturated heterocycles. The number of hydrogen-bond acceptors (Lipinski definition) is 4. The normalized spacial score (nSPS) is 13.1. The molecule has 124 valence electrons. The van der Waals surface area contributed by atoms with Crippen LogP contribution < -0.4 is 0 Å². The second-order valence-corrected chi connectivity index (χ2v) is 4.34. The van der Waals surface area contributed by atoms with Crippen molar-refractivity contribution in [1.29, 1.82) is 0 Å². The molecule has 5 nitrogen and oxygen atoms in total. The maximum atomic E-state index is 9.51. The molecule has 0 heterocycles. The van der Waals surface area contributed by atoms with Gasteiger partial charge >= 0.3 is 0 Å². The summed E-state index contributed by atoms with van der Waals surface area (Å²) in [4.78, 5) is 9.00. The van der Waals surface area contributed by atoms with E-state index in [1.807, 2.05) is 6.92 Å². The van der Waals surface area contributed by atoms with E-state index in [-0.39, 0.29) is 41.2 Å². The monoisotopic (exact) mass is 338 g/mol. The largest absolute Gasteiger partial charge is 0.481 e. The van der Waals surface area contributed by atoms with Crippen molar-refractivity contribution in [3.05, 3.63) is 25.3 Å². The minimum Gasteiger partial charge on any atom is -0.481 e. The third-order valence-corrected chi connectivity index (χ3v) is 2.64. The molecule has 0 aliphatic carbocycles. The topological polar surface area (TPSA) is 87.0 Å². The average molecular weight is 338 g/mol. The van der Waals surface area contributed by atoms with Crippen LogP contribution in [0.15, 0.2) is 25.3 Å². The Morgan fingerprint density at radius 1 is 1.43 bits per heavy atom. The first kappa shape index (κ1) is 28.7. The van der Waals surface area contributed by atoms with Crippen molar-refractivity contribution in [2.75, 3.05) is 19.8 Å². The smallest absolute Gasteiger partial charge is 0.300 e. The summed E-state index contributed by atoms with van der Waals surface area (Å²) in [6.07, 6.45) is 3.78. The van der Waals surface area contributed by atoms with Gasteiger partial charge in [0.1, 0.15) is 0 Å². The Labute approximate surface area is 143 Å². The summed E-state index contributed by atoms with van der Waals surface area (Å²) in [7, 11) is 0. The molecule has 2 unspecified atom stereocenters. The molecule has 6 heteroatoms. The van der Waals surface area contributed by atoms with E-state index < -0.39 is 12.1 Å². The van der Waals surface area contributed by atoms with Gasteiger partial charge in [-0.15, -0.1) is 13.2 Å². The molecule has 3 N–H and O–H groups in total. The molecule has 0 bridgehead atoms. The van der Waals surface area contributed by atoms with Crippen molar-refractivity contribution in [2.24, 2.45) is 5.41 Å². The van der Waals surface area contributed by atoms with E-state index in [1.54, 1.807) is 6.08 Å². The first-order valence-corrected chi connectivity index (χ1v) is 6.17. The number of carbonyl (C=O) groups is 1. The van der Waals surface area contributed by atoms with Crippen LogP contribution in [0.25, 0.3) is 0 Å². The molecule has 0 amide bonds. The predicted octanol–water partition coefficient (Wildman–Crippen LogP) is 2.24. The molecular weight excluding hydrogens is 308 g/mol. The molecule has 0 radical (unpaired) electrons. The first-order valence-electron chi connectivity index (χ1n) is 6.17. The number of carboxylic acid groups (broad SMARTS) is 1. The molecule has 0 aliphatic heterocycles. The summed E-state index contributed by atoms with van der Waals surface area (Å²) in [5, 5.41) is 26.3. The van der Waals surface area contributed by atoms with Crippen LogP contribution in [0.5, 0.6) is 0 Å². The summed E-state index contributed by atoms with van der Waals surface area (Å²) in [5.74, 6) is -0.833. The molecule has 0 aromatic carbocycles. The minimum atomic E-state index is -0.833. The van der Waals surface area contributed by atoms with Crippen molar-refractivity contribution in [1.82, 2.24) is 0 Å². The standard InChI is InChI=1S/C12H22O3.C2H4O2.CH4.Ti/c1-4-7-15-10-12(6-3,9-13)8-11(14)5-2;1-2(3)4;;/h4-5,11,13-14H,1-2,6-10H2,3H3;1H3,(H,3,4);1H4;. The Morgan fingerprint density at radius 3 is 2.19 bits per heavy atom. The van der Waals surface area contributed by atoms with Crippen LogP contribution in [0.2, 0.25) is 0 Å². The summed E-state index contributed by atoms with van der Waals surface area (Å²) in [6.45, 7) is 11.0. The quantitative estimate of drug-likeness (QED) is 0.341. The zero-order valence-corrected chi connectivity index (χ0v) is 13.9. The van der Waals surface area contributed by atoms with Gasteiger partial charge in [0.05, 0.1) is 25.9 Å². The maximum Gasteiger partial charge on any atom is 0.300 e.